The van der Waals surface area contributed by atoms with Gasteiger partial charge in [-0.05, 0) is 87.4 Å². The fourth-order valence-corrected chi connectivity index (χ4v) is 8.12. The van der Waals surface area contributed by atoms with Gasteiger partial charge < -0.3 is 38.5 Å². The summed E-state index contributed by atoms with van der Waals surface area (Å²) in [5.41, 5.74) is 1.19. The lowest BCUT2D eigenvalue weighted by Gasteiger charge is -2.49. The number of ether oxygens (including phenoxy) is 7. The van der Waals surface area contributed by atoms with Gasteiger partial charge in [-0.1, -0.05) is 13.8 Å². The van der Waals surface area contributed by atoms with Gasteiger partial charge in [0.25, 0.3) is 0 Å². The fourth-order valence-electron chi connectivity index (χ4n) is 8.12. The highest BCUT2D eigenvalue weighted by atomic mass is 16.7. The summed E-state index contributed by atoms with van der Waals surface area (Å²) in [7, 11) is 2.90. The molecular weight excluding hydrogens is 648 g/mol. The average Bonchev–Trinajstić information content (AvgIpc) is 3.66. The van der Waals surface area contributed by atoms with E-state index < -0.39 is 47.1 Å². The van der Waals surface area contributed by atoms with Crippen LogP contribution in [-0.4, -0.2) is 73.9 Å². The highest BCUT2D eigenvalue weighted by Gasteiger charge is 2.49. The van der Waals surface area contributed by atoms with E-state index in [4.69, 9.17) is 33.2 Å². The molecule has 1 radical (unpaired) electrons. The van der Waals surface area contributed by atoms with Crippen LogP contribution in [0.4, 0.5) is 4.79 Å². The first kappa shape index (κ1) is 35.6. The molecule has 0 spiro atoms. The van der Waals surface area contributed by atoms with Crippen LogP contribution in [0.2, 0.25) is 0 Å². The lowest BCUT2D eigenvalue weighted by molar-refractivity contribution is -0.298. The molecule has 0 aromatic heterocycles. The Labute approximate surface area is 292 Å². The second kappa shape index (κ2) is 13.5. The van der Waals surface area contributed by atoms with Crippen molar-refractivity contribution in [2.45, 2.75) is 96.4 Å². The molecule has 4 atom stereocenters. The minimum atomic E-state index is -1.05. The van der Waals surface area contributed by atoms with E-state index in [9.17, 15) is 19.6 Å². The minimum Gasteiger partial charge on any atom is -0.493 e. The number of hydroxylamine groups is 2. The van der Waals surface area contributed by atoms with Crippen LogP contribution in [0.5, 0.6) is 28.7 Å². The van der Waals surface area contributed by atoms with Crippen molar-refractivity contribution in [1.29, 1.82) is 0 Å². The van der Waals surface area contributed by atoms with E-state index in [0.29, 0.717) is 42.9 Å². The van der Waals surface area contributed by atoms with E-state index in [1.54, 1.807) is 12.1 Å². The maximum Gasteiger partial charge on any atom is 0.408 e. The molecule has 1 aliphatic carbocycles. The molecule has 0 unspecified atom stereocenters. The molecule has 2 aromatic carbocycles. The number of alkyl carbamates (subject to hydrolysis) is 1. The molecule has 50 heavy (non-hydrogen) atoms. The predicted molar refractivity (Wildman–Crippen MR) is 178 cm³/mol. The van der Waals surface area contributed by atoms with Crippen molar-refractivity contribution in [3.05, 3.63) is 41.0 Å². The van der Waals surface area contributed by atoms with E-state index in [-0.39, 0.29) is 48.3 Å². The minimum absolute atomic E-state index is 0.0156. The zero-order valence-corrected chi connectivity index (χ0v) is 30.0. The normalized spacial score (nSPS) is 24.1. The number of esters is 2. The van der Waals surface area contributed by atoms with Crippen LogP contribution in [0.1, 0.15) is 83.4 Å². The number of benzene rings is 2. The Kier molecular flexibility index (Phi) is 9.59. The van der Waals surface area contributed by atoms with E-state index >= 15 is 0 Å². The van der Waals surface area contributed by atoms with Crippen molar-refractivity contribution in [2.24, 2.45) is 17.8 Å². The average molecular weight is 696 g/mol. The SMILES string of the molecule is COc1cc([C@@H]2c3cc4c(cc3C[C@H]3COC(=O)[C@@H]32)OCO4)cc(OC)c1OC(=O)[C@H](CC(C)C)NC(=O)OC1CC(C)(C)N([O])C(C)(C)C1. The van der Waals surface area contributed by atoms with E-state index in [2.05, 4.69) is 5.32 Å². The maximum absolute atomic E-state index is 13.8. The van der Waals surface area contributed by atoms with Crippen LogP contribution >= 0.6 is 0 Å². The van der Waals surface area contributed by atoms with Crippen LogP contribution in [0.25, 0.3) is 0 Å². The number of nitrogens with one attached hydrogen (secondary N) is 1. The van der Waals surface area contributed by atoms with Gasteiger partial charge in [-0.2, -0.15) is 0 Å². The number of fused-ring (bicyclic) bond motifs is 3. The smallest absolute Gasteiger partial charge is 0.408 e. The van der Waals surface area contributed by atoms with Crippen molar-refractivity contribution < 1.29 is 52.7 Å². The number of hydrogen-bond donors (Lipinski definition) is 1. The van der Waals surface area contributed by atoms with Gasteiger partial charge in [0.2, 0.25) is 12.5 Å². The number of nitrogens with zero attached hydrogens (tertiary/aromatic N) is 1. The fraction of sp³-hybridized carbons (Fsp3) is 0.595. The third-order valence-electron chi connectivity index (χ3n) is 10.2. The Hall–Kier alpha value is -4.23. The molecule has 2 aromatic rings. The maximum atomic E-state index is 13.8. The first-order valence-corrected chi connectivity index (χ1v) is 17.1. The van der Waals surface area contributed by atoms with Gasteiger partial charge in [0.1, 0.15) is 12.1 Å². The molecule has 1 amide bonds. The molecule has 1 N–H and O–H groups in total. The number of carbonyl (C=O) groups excluding carboxylic acids is 3. The number of amides is 1. The highest BCUT2D eigenvalue weighted by Crippen LogP contribution is 2.52. The van der Waals surface area contributed by atoms with E-state index in [0.717, 1.165) is 16.2 Å². The molecule has 13 heteroatoms. The molecule has 3 heterocycles. The zero-order valence-electron chi connectivity index (χ0n) is 30.0. The third-order valence-corrected chi connectivity index (χ3v) is 10.2. The van der Waals surface area contributed by atoms with Crippen molar-refractivity contribution in [3.8, 4) is 28.7 Å². The molecule has 271 valence electrons. The summed E-state index contributed by atoms with van der Waals surface area (Å²) in [5, 5.41) is 16.5. The summed E-state index contributed by atoms with van der Waals surface area (Å²) in [5.74, 6) is -0.182. The summed E-state index contributed by atoms with van der Waals surface area (Å²) < 4.78 is 40.1. The Balaban J connectivity index is 1.26. The first-order valence-electron chi connectivity index (χ1n) is 17.1. The molecule has 4 aliphatic rings. The number of rotatable bonds is 9. The topological polar surface area (TPSA) is 151 Å². The van der Waals surface area contributed by atoms with E-state index in [1.165, 1.54) is 14.2 Å². The standard InChI is InChI=1S/C37H47N2O11/c1-19(2)9-25(38-35(42)49-23-15-36(3,4)39(43)37(5,6)16-23)33(40)50-32-28(44-7)12-21(13-29(32)45-8)30-24-14-27-26(47-18-48-27)11-20(24)10-22-17-46-34(41)31(22)30/h11-14,19,22-23,25,30-31H,9-10,15-18H2,1-8H3,(H,38,42)/t22-,25-,30+,31-/m0/s1. The Morgan fingerprint density at radius 1 is 0.960 bits per heavy atom. The Morgan fingerprint density at radius 3 is 2.18 bits per heavy atom. The molecule has 0 bridgehead atoms. The quantitative estimate of drug-likeness (QED) is 0.268. The number of piperidine rings is 1. The predicted octanol–water partition coefficient (Wildman–Crippen LogP) is 5.32. The second-order valence-electron chi connectivity index (χ2n) is 15.4. The van der Waals surface area contributed by atoms with Gasteiger partial charge in [-0.15, -0.1) is 10.3 Å². The molecule has 13 nitrogen and oxygen atoms in total. The number of hydrogen-bond acceptors (Lipinski definition) is 11. The Bertz CT molecular complexity index is 1610. The summed E-state index contributed by atoms with van der Waals surface area (Å²) in [6.45, 7) is 11.6. The molecule has 0 saturated carbocycles. The summed E-state index contributed by atoms with van der Waals surface area (Å²) in [6.07, 6.45) is 0.335. The van der Waals surface area contributed by atoms with Crippen LogP contribution in [0.3, 0.4) is 0 Å². The largest absolute Gasteiger partial charge is 0.493 e. The van der Waals surface area contributed by atoms with Crippen molar-refractivity contribution in [3.63, 3.8) is 0 Å². The van der Waals surface area contributed by atoms with E-state index in [1.807, 2.05) is 53.7 Å². The zero-order chi connectivity index (χ0) is 36.1. The number of cyclic esters (lactones) is 1. The summed E-state index contributed by atoms with van der Waals surface area (Å²) in [4.78, 5) is 40.1. The molecular formula is C37H47N2O11. The number of methoxy groups -OCH3 is 2. The first-order chi connectivity index (χ1) is 23.6. The molecule has 2 fully saturated rings. The van der Waals surface area contributed by atoms with Gasteiger partial charge >= 0.3 is 18.0 Å². The van der Waals surface area contributed by atoms with Gasteiger partial charge in [-0.25, -0.2) is 9.59 Å². The van der Waals surface area contributed by atoms with Gasteiger partial charge in [0, 0.05) is 35.8 Å². The van der Waals surface area contributed by atoms with Crippen molar-refractivity contribution in [2.75, 3.05) is 27.6 Å². The van der Waals surface area contributed by atoms with Crippen molar-refractivity contribution in [1.82, 2.24) is 10.4 Å². The number of carbonyl (C=O) groups is 3. The Morgan fingerprint density at radius 2 is 1.58 bits per heavy atom. The third kappa shape index (κ3) is 6.77. The van der Waals surface area contributed by atoms with Crippen LogP contribution in [0, 0.1) is 17.8 Å². The molecule has 6 rings (SSSR count). The summed E-state index contributed by atoms with van der Waals surface area (Å²) >= 11 is 0. The lowest BCUT2D eigenvalue weighted by atomic mass is 9.67. The second-order valence-corrected chi connectivity index (χ2v) is 15.4. The van der Waals surface area contributed by atoms with Gasteiger partial charge in [0.15, 0.2) is 23.0 Å². The highest BCUT2D eigenvalue weighted by molar-refractivity contribution is 5.84. The van der Waals surface area contributed by atoms with Crippen molar-refractivity contribution >= 4 is 18.0 Å². The molecule has 3 aliphatic heterocycles. The van der Waals surface area contributed by atoms with Gasteiger partial charge in [0.05, 0.1) is 26.7 Å². The van der Waals surface area contributed by atoms with Crippen LogP contribution in [0.15, 0.2) is 24.3 Å². The van der Waals surface area contributed by atoms with Crippen LogP contribution < -0.4 is 29.0 Å². The lowest BCUT2D eigenvalue weighted by Crippen LogP contribution is -2.60. The monoisotopic (exact) mass is 695 g/mol. The van der Waals surface area contributed by atoms with Gasteiger partial charge in [-0.3, -0.25) is 4.79 Å². The molecule has 2 saturated heterocycles. The summed E-state index contributed by atoms with van der Waals surface area (Å²) in [6, 6.07) is 6.31. The van der Waals surface area contributed by atoms with Crippen LogP contribution in [-0.2, 0) is 30.7 Å².